The maximum atomic E-state index is 4.82. The van der Waals surface area contributed by atoms with Crippen LogP contribution in [0.25, 0.3) is 16.9 Å². The Morgan fingerprint density at radius 3 is 2.70 bits per heavy atom. The maximum absolute atomic E-state index is 4.82. The first-order valence-electron chi connectivity index (χ1n) is 6.89. The second kappa shape index (κ2) is 5.10. The quantitative estimate of drug-likeness (QED) is 0.787. The van der Waals surface area contributed by atoms with Gasteiger partial charge in [-0.3, -0.25) is 4.40 Å². The zero-order valence-electron chi connectivity index (χ0n) is 12.1. The molecule has 1 N–H and O–H groups in total. The van der Waals surface area contributed by atoms with Gasteiger partial charge >= 0.3 is 0 Å². The number of rotatable bonds is 3. The molecule has 102 valence electrons. The summed E-state index contributed by atoms with van der Waals surface area (Å²) < 4.78 is 2.16. The number of imidazole rings is 1. The number of pyridine rings is 1. The third kappa shape index (κ3) is 2.10. The molecule has 1 aromatic carbocycles. The van der Waals surface area contributed by atoms with E-state index in [-0.39, 0.29) is 0 Å². The predicted molar refractivity (Wildman–Crippen MR) is 82.9 cm³/mol. The summed E-state index contributed by atoms with van der Waals surface area (Å²) in [4.78, 5) is 4.82. The lowest BCUT2D eigenvalue weighted by molar-refractivity contribution is 0.803. The van der Waals surface area contributed by atoms with Crippen molar-refractivity contribution in [1.82, 2.24) is 14.7 Å². The molecule has 0 fully saturated rings. The smallest absolute Gasteiger partial charge is 0.144 e. The van der Waals surface area contributed by atoms with Crippen molar-refractivity contribution in [3.8, 4) is 11.4 Å². The lowest BCUT2D eigenvalue weighted by Crippen LogP contribution is -2.05. The van der Waals surface area contributed by atoms with Gasteiger partial charge in [-0.15, -0.1) is 0 Å². The van der Waals surface area contributed by atoms with Crippen molar-refractivity contribution >= 4 is 5.52 Å². The summed E-state index contributed by atoms with van der Waals surface area (Å²) in [6.07, 6.45) is 2.08. The van der Waals surface area contributed by atoms with Crippen LogP contribution in [0.15, 0.2) is 42.6 Å². The number of nitrogens with one attached hydrogen (secondary N) is 1. The lowest BCUT2D eigenvalue weighted by atomic mass is 10.1. The first-order valence-corrected chi connectivity index (χ1v) is 6.89. The van der Waals surface area contributed by atoms with Crippen molar-refractivity contribution in [2.75, 3.05) is 7.05 Å². The number of hydrogen-bond donors (Lipinski definition) is 1. The van der Waals surface area contributed by atoms with Crippen molar-refractivity contribution in [2.24, 2.45) is 0 Å². The van der Waals surface area contributed by atoms with Crippen LogP contribution < -0.4 is 5.32 Å². The van der Waals surface area contributed by atoms with Gasteiger partial charge < -0.3 is 5.32 Å². The summed E-state index contributed by atoms with van der Waals surface area (Å²) in [5.41, 5.74) is 6.02. The third-order valence-electron chi connectivity index (χ3n) is 3.73. The highest BCUT2D eigenvalue weighted by Gasteiger charge is 2.12. The van der Waals surface area contributed by atoms with Crippen molar-refractivity contribution in [1.29, 1.82) is 0 Å². The van der Waals surface area contributed by atoms with E-state index in [0.717, 1.165) is 29.1 Å². The monoisotopic (exact) mass is 265 g/mol. The van der Waals surface area contributed by atoms with Gasteiger partial charge in [-0.05, 0) is 50.2 Å². The molecule has 0 aliphatic rings. The zero-order valence-corrected chi connectivity index (χ0v) is 12.1. The van der Waals surface area contributed by atoms with E-state index in [2.05, 4.69) is 60.1 Å². The van der Waals surface area contributed by atoms with Crippen molar-refractivity contribution < 1.29 is 0 Å². The van der Waals surface area contributed by atoms with Gasteiger partial charge in [0.2, 0.25) is 0 Å². The van der Waals surface area contributed by atoms with E-state index in [1.54, 1.807) is 0 Å². The Morgan fingerprint density at radius 2 is 1.95 bits per heavy atom. The molecule has 0 bridgehead atoms. The predicted octanol–water partition coefficient (Wildman–Crippen LogP) is 3.34. The summed E-state index contributed by atoms with van der Waals surface area (Å²) >= 11 is 0. The van der Waals surface area contributed by atoms with Crippen LogP contribution in [0.4, 0.5) is 0 Å². The molecule has 0 aliphatic carbocycles. The SMILES string of the molecule is CNCc1nc(-c2ccc(C)c(C)c2)n2ccccc12. The first-order chi connectivity index (χ1) is 9.70. The van der Waals surface area contributed by atoms with Gasteiger partial charge in [-0.25, -0.2) is 4.98 Å². The first kappa shape index (κ1) is 12.9. The number of aryl methyl sites for hydroxylation is 2. The molecule has 2 aromatic heterocycles. The average Bonchev–Trinajstić information content (AvgIpc) is 2.82. The van der Waals surface area contributed by atoms with Gasteiger partial charge in [0, 0.05) is 18.3 Å². The number of aromatic nitrogens is 2. The van der Waals surface area contributed by atoms with Crippen molar-refractivity contribution in [2.45, 2.75) is 20.4 Å². The zero-order chi connectivity index (χ0) is 14.1. The molecule has 0 aliphatic heterocycles. The minimum absolute atomic E-state index is 0.776. The molecule has 2 heterocycles. The Hall–Kier alpha value is -2.13. The summed E-state index contributed by atoms with van der Waals surface area (Å²) in [5, 5.41) is 3.19. The van der Waals surface area contributed by atoms with Crippen molar-refractivity contribution in [3.05, 3.63) is 59.4 Å². The molecular weight excluding hydrogens is 246 g/mol. The van der Waals surface area contributed by atoms with E-state index in [0.29, 0.717) is 0 Å². The van der Waals surface area contributed by atoms with Gasteiger partial charge in [-0.2, -0.15) is 0 Å². The standard InChI is InChI=1S/C17H19N3/c1-12-7-8-14(10-13(12)2)17-19-15(11-18-3)16-6-4-5-9-20(16)17/h4-10,18H,11H2,1-3H3. The van der Waals surface area contributed by atoms with Gasteiger partial charge in [0.05, 0.1) is 11.2 Å². The largest absolute Gasteiger partial charge is 0.314 e. The fraction of sp³-hybridized carbons (Fsp3) is 0.235. The minimum Gasteiger partial charge on any atom is -0.314 e. The van der Waals surface area contributed by atoms with Crippen LogP contribution in [-0.2, 0) is 6.54 Å². The molecule has 0 atom stereocenters. The van der Waals surface area contributed by atoms with Gasteiger partial charge in [0.1, 0.15) is 5.82 Å². The molecule has 0 saturated heterocycles. The van der Waals surface area contributed by atoms with Crippen LogP contribution >= 0.6 is 0 Å². The van der Waals surface area contributed by atoms with Crippen LogP contribution in [0, 0.1) is 13.8 Å². The normalized spacial score (nSPS) is 11.2. The number of fused-ring (bicyclic) bond motifs is 1. The average molecular weight is 265 g/mol. The van der Waals surface area contributed by atoms with Crippen molar-refractivity contribution in [3.63, 3.8) is 0 Å². The van der Waals surface area contributed by atoms with Gasteiger partial charge in [0.15, 0.2) is 0 Å². The molecule has 3 aromatic rings. The highest BCUT2D eigenvalue weighted by Crippen LogP contribution is 2.24. The van der Waals surface area contributed by atoms with E-state index >= 15 is 0 Å². The van der Waals surface area contributed by atoms with E-state index in [1.165, 1.54) is 11.1 Å². The van der Waals surface area contributed by atoms with E-state index in [9.17, 15) is 0 Å². The summed E-state index contributed by atoms with van der Waals surface area (Å²) in [5.74, 6) is 1.01. The number of hydrogen-bond acceptors (Lipinski definition) is 2. The molecular formula is C17H19N3. The van der Waals surface area contributed by atoms with Crippen LogP contribution in [0.3, 0.4) is 0 Å². The Labute approximate surface area is 119 Å². The van der Waals surface area contributed by atoms with E-state index in [1.807, 2.05) is 13.1 Å². The topological polar surface area (TPSA) is 29.3 Å². The molecule has 3 nitrogen and oxygen atoms in total. The molecule has 0 saturated carbocycles. The van der Waals surface area contributed by atoms with E-state index < -0.39 is 0 Å². The summed E-state index contributed by atoms with van der Waals surface area (Å²) in [6, 6.07) is 12.7. The molecule has 3 heteroatoms. The van der Waals surface area contributed by atoms with Gasteiger partial charge in [-0.1, -0.05) is 18.2 Å². The Bertz CT molecular complexity index is 756. The molecule has 0 radical (unpaired) electrons. The molecule has 0 amide bonds. The Morgan fingerprint density at radius 1 is 1.10 bits per heavy atom. The molecule has 0 unspecified atom stereocenters. The Kier molecular flexibility index (Phi) is 3.28. The Balaban J connectivity index is 2.22. The van der Waals surface area contributed by atoms with Crippen LogP contribution in [0.1, 0.15) is 16.8 Å². The van der Waals surface area contributed by atoms with Crippen LogP contribution in [0.5, 0.6) is 0 Å². The minimum atomic E-state index is 0.776. The highest BCUT2D eigenvalue weighted by molar-refractivity contribution is 5.66. The highest BCUT2D eigenvalue weighted by atomic mass is 15.0. The number of nitrogens with zero attached hydrogens (tertiary/aromatic N) is 2. The third-order valence-corrected chi connectivity index (χ3v) is 3.73. The fourth-order valence-corrected chi connectivity index (χ4v) is 2.48. The molecule has 3 rings (SSSR count). The van der Waals surface area contributed by atoms with Crippen LogP contribution in [-0.4, -0.2) is 16.4 Å². The molecule has 20 heavy (non-hydrogen) atoms. The summed E-state index contributed by atoms with van der Waals surface area (Å²) in [6.45, 7) is 5.05. The van der Waals surface area contributed by atoms with Gasteiger partial charge in [0.25, 0.3) is 0 Å². The molecule has 0 spiro atoms. The second-order valence-corrected chi connectivity index (χ2v) is 5.17. The van der Waals surface area contributed by atoms with E-state index in [4.69, 9.17) is 4.98 Å². The lowest BCUT2D eigenvalue weighted by Gasteiger charge is -2.04. The maximum Gasteiger partial charge on any atom is 0.144 e. The van der Waals surface area contributed by atoms with Crippen LogP contribution in [0.2, 0.25) is 0 Å². The second-order valence-electron chi connectivity index (χ2n) is 5.17. The fourth-order valence-electron chi connectivity index (χ4n) is 2.48. The summed E-state index contributed by atoms with van der Waals surface area (Å²) in [7, 11) is 1.95. The number of benzene rings is 1.